The molecule has 0 bridgehead atoms. The molecule has 0 radical (unpaired) electrons. The van der Waals surface area contributed by atoms with E-state index in [-0.39, 0.29) is 11.3 Å². The molecule has 1 aromatic carbocycles. The Morgan fingerprint density at radius 2 is 2.06 bits per heavy atom. The lowest BCUT2D eigenvalue weighted by Crippen LogP contribution is -2.43. The van der Waals surface area contributed by atoms with Gasteiger partial charge in [0.1, 0.15) is 0 Å². The van der Waals surface area contributed by atoms with Gasteiger partial charge in [0.25, 0.3) is 5.91 Å². The second-order valence-corrected chi connectivity index (χ2v) is 4.83. The monoisotopic (exact) mass is 257 g/mol. The van der Waals surface area contributed by atoms with Crippen molar-refractivity contribution in [3.63, 3.8) is 0 Å². The van der Waals surface area contributed by atoms with Gasteiger partial charge in [-0.15, -0.1) is 11.6 Å². The first-order chi connectivity index (χ1) is 7.87. The summed E-state index contributed by atoms with van der Waals surface area (Å²) >= 11 is 5.63. The van der Waals surface area contributed by atoms with E-state index in [9.17, 15) is 15.0 Å². The van der Waals surface area contributed by atoms with Crippen molar-refractivity contribution in [3.8, 4) is 11.5 Å². The number of carbonyl (C=O) groups is 1. The average molecular weight is 258 g/mol. The molecule has 0 saturated carbocycles. The fourth-order valence-electron chi connectivity index (χ4n) is 1.39. The normalized spacial score (nSPS) is 11.2. The first-order valence-electron chi connectivity index (χ1n) is 5.27. The molecule has 94 valence electrons. The standard InChI is InChI=1S/C12H16ClNO3/c1-12(2,6-7-13)14-11(17)8-4-3-5-9(15)10(8)16/h3-5,15-16H,6-7H2,1-2H3,(H,14,17). The third-order valence-corrected chi connectivity index (χ3v) is 2.62. The smallest absolute Gasteiger partial charge is 0.255 e. The Kier molecular flexibility index (Phi) is 4.23. The fourth-order valence-corrected chi connectivity index (χ4v) is 1.86. The zero-order chi connectivity index (χ0) is 13.1. The van der Waals surface area contributed by atoms with Crippen molar-refractivity contribution in [1.29, 1.82) is 0 Å². The van der Waals surface area contributed by atoms with Crippen LogP contribution in [0.25, 0.3) is 0 Å². The number of para-hydroxylation sites is 1. The number of hydrogen-bond acceptors (Lipinski definition) is 3. The number of aromatic hydroxyl groups is 2. The number of rotatable bonds is 4. The molecule has 1 amide bonds. The average Bonchev–Trinajstić information content (AvgIpc) is 2.21. The highest BCUT2D eigenvalue weighted by molar-refractivity contribution is 6.17. The number of amides is 1. The first-order valence-corrected chi connectivity index (χ1v) is 5.80. The molecule has 0 aliphatic heterocycles. The second kappa shape index (κ2) is 5.27. The van der Waals surface area contributed by atoms with Gasteiger partial charge in [-0.3, -0.25) is 4.79 Å². The summed E-state index contributed by atoms with van der Waals surface area (Å²) in [5, 5.41) is 21.6. The van der Waals surface area contributed by atoms with E-state index < -0.39 is 17.2 Å². The molecule has 0 saturated heterocycles. The summed E-state index contributed by atoms with van der Waals surface area (Å²) in [6.07, 6.45) is 0.611. The summed E-state index contributed by atoms with van der Waals surface area (Å²) in [6, 6.07) is 4.26. The molecule has 0 fully saturated rings. The van der Waals surface area contributed by atoms with Crippen LogP contribution in [0.5, 0.6) is 11.5 Å². The van der Waals surface area contributed by atoms with E-state index in [1.807, 2.05) is 13.8 Å². The minimum atomic E-state index is -0.462. The number of hydrogen-bond donors (Lipinski definition) is 3. The molecule has 0 aliphatic rings. The molecular formula is C12H16ClNO3. The zero-order valence-corrected chi connectivity index (χ0v) is 10.6. The van der Waals surface area contributed by atoms with Crippen LogP contribution in [0, 0.1) is 0 Å². The van der Waals surface area contributed by atoms with Crippen LogP contribution < -0.4 is 5.32 Å². The van der Waals surface area contributed by atoms with Gasteiger partial charge in [0.15, 0.2) is 11.5 Å². The van der Waals surface area contributed by atoms with Crippen molar-refractivity contribution >= 4 is 17.5 Å². The van der Waals surface area contributed by atoms with E-state index in [0.717, 1.165) is 0 Å². The molecular weight excluding hydrogens is 242 g/mol. The van der Waals surface area contributed by atoms with Crippen LogP contribution in [0.15, 0.2) is 18.2 Å². The highest BCUT2D eigenvalue weighted by atomic mass is 35.5. The molecule has 5 heteroatoms. The number of halogens is 1. The minimum Gasteiger partial charge on any atom is -0.504 e. The van der Waals surface area contributed by atoms with Crippen molar-refractivity contribution in [2.24, 2.45) is 0 Å². The fraction of sp³-hybridized carbons (Fsp3) is 0.417. The largest absolute Gasteiger partial charge is 0.504 e. The lowest BCUT2D eigenvalue weighted by Gasteiger charge is -2.25. The number of nitrogens with one attached hydrogen (secondary N) is 1. The lowest BCUT2D eigenvalue weighted by molar-refractivity contribution is 0.0908. The minimum absolute atomic E-state index is 0.0487. The molecule has 1 rings (SSSR count). The van der Waals surface area contributed by atoms with Crippen LogP contribution in [0.2, 0.25) is 0 Å². The lowest BCUT2D eigenvalue weighted by atomic mass is 10.0. The predicted octanol–water partition coefficient (Wildman–Crippen LogP) is 2.24. The molecule has 0 aromatic heterocycles. The SMILES string of the molecule is CC(C)(CCCl)NC(=O)c1cccc(O)c1O. The zero-order valence-electron chi connectivity index (χ0n) is 9.83. The van der Waals surface area contributed by atoms with Gasteiger partial charge in [0.05, 0.1) is 5.56 Å². The molecule has 0 aliphatic carbocycles. The Morgan fingerprint density at radius 3 is 2.65 bits per heavy atom. The quantitative estimate of drug-likeness (QED) is 0.572. The molecule has 17 heavy (non-hydrogen) atoms. The van der Waals surface area contributed by atoms with Crippen LogP contribution in [0.3, 0.4) is 0 Å². The van der Waals surface area contributed by atoms with Crippen LogP contribution in [0.1, 0.15) is 30.6 Å². The van der Waals surface area contributed by atoms with E-state index >= 15 is 0 Å². The van der Waals surface area contributed by atoms with Gasteiger partial charge in [-0.05, 0) is 32.4 Å². The Bertz CT molecular complexity index is 418. The summed E-state index contributed by atoms with van der Waals surface area (Å²) in [5.41, 5.74) is -0.413. The molecule has 1 aromatic rings. The third kappa shape index (κ3) is 3.53. The van der Waals surface area contributed by atoms with Crippen LogP contribution in [-0.4, -0.2) is 27.5 Å². The maximum Gasteiger partial charge on any atom is 0.255 e. The topological polar surface area (TPSA) is 69.6 Å². The molecule has 0 spiro atoms. The molecule has 3 N–H and O–H groups in total. The Morgan fingerprint density at radius 1 is 1.41 bits per heavy atom. The van der Waals surface area contributed by atoms with Gasteiger partial charge in [-0.25, -0.2) is 0 Å². The summed E-state index contributed by atoms with van der Waals surface area (Å²) in [7, 11) is 0. The maximum absolute atomic E-state index is 11.9. The van der Waals surface area contributed by atoms with Gasteiger partial charge in [0, 0.05) is 11.4 Å². The predicted molar refractivity (Wildman–Crippen MR) is 66.7 cm³/mol. The molecule has 0 heterocycles. The number of alkyl halides is 1. The van der Waals surface area contributed by atoms with Crippen molar-refractivity contribution in [2.45, 2.75) is 25.8 Å². The van der Waals surface area contributed by atoms with Gasteiger partial charge >= 0.3 is 0 Å². The van der Waals surface area contributed by atoms with Gasteiger partial charge in [0.2, 0.25) is 0 Å². The van der Waals surface area contributed by atoms with E-state index in [2.05, 4.69) is 5.32 Å². The van der Waals surface area contributed by atoms with Crippen LogP contribution in [0.4, 0.5) is 0 Å². The number of carbonyl (C=O) groups excluding carboxylic acids is 1. The Labute approximate surface area is 105 Å². The van der Waals surface area contributed by atoms with E-state index in [1.165, 1.54) is 18.2 Å². The highest BCUT2D eigenvalue weighted by Crippen LogP contribution is 2.28. The maximum atomic E-state index is 11.9. The van der Waals surface area contributed by atoms with E-state index in [4.69, 9.17) is 11.6 Å². The summed E-state index contributed by atoms with van der Waals surface area (Å²) in [4.78, 5) is 11.9. The number of benzene rings is 1. The molecule has 0 unspecified atom stereocenters. The third-order valence-electron chi connectivity index (χ3n) is 2.43. The summed E-state index contributed by atoms with van der Waals surface area (Å²) in [5.74, 6) is -0.729. The summed E-state index contributed by atoms with van der Waals surface area (Å²) in [6.45, 7) is 3.68. The van der Waals surface area contributed by atoms with Crippen molar-refractivity contribution < 1.29 is 15.0 Å². The van der Waals surface area contributed by atoms with Gasteiger partial charge < -0.3 is 15.5 Å². The van der Waals surface area contributed by atoms with E-state index in [0.29, 0.717) is 12.3 Å². The summed E-state index contributed by atoms with van der Waals surface area (Å²) < 4.78 is 0. The van der Waals surface area contributed by atoms with E-state index in [1.54, 1.807) is 0 Å². The number of phenolic OH excluding ortho intramolecular Hbond substituents is 2. The first kappa shape index (κ1) is 13.6. The Balaban J connectivity index is 2.87. The Hall–Kier alpha value is -1.42. The van der Waals surface area contributed by atoms with Crippen molar-refractivity contribution in [1.82, 2.24) is 5.32 Å². The van der Waals surface area contributed by atoms with Crippen molar-refractivity contribution in [2.75, 3.05) is 5.88 Å². The van der Waals surface area contributed by atoms with Gasteiger partial charge in [-0.1, -0.05) is 6.07 Å². The van der Waals surface area contributed by atoms with Crippen LogP contribution >= 0.6 is 11.6 Å². The van der Waals surface area contributed by atoms with Gasteiger partial charge in [-0.2, -0.15) is 0 Å². The molecule has 4 nitrogen and oxygen atoms in total. The van der Waals surface area contributed by atoms with Crippen molar-refractivity contribution in [3.05, 3.63) is 23.8 Å². The second-order valence-electron chi connectivity index (χ2n) is 4.45. The highest BCUT2D eigenvalue weighted by Gasteiger charge is 2.22. The number of phenols is 2. The molecule has 0 atom stereocenters. The van der Waals surface area contributed by atoms with Crippen LogP contribution in [-0.2, 0) is 0 Å².